The first-order chi connectivity index (χ1) is 14.6. The molecule has 0 radical (unpaired) electrons. The van der Waals surface area contributed by atoms with Crippen LogP contribution in [0.3, 0.4) is 0 Å². The maximum Gasteiger partial charge on any atom is 0.261 e. The summed E-state index contributed by atoms with van der Waals surface area (Å²) in [5.41, 5.74) is 0. The summed E-state index contributed by atoms with van der Waals surface area (Å²) in [6, 6.07) is 21.5. The highest BCUT2D eigenvalue weighted by Crippen LogP contribution is 2.40. The normalized spacial score (nSPS) is 22.3. The first-order valence-electron chi connectivity index (χ1n) is 11.4. The van der Waals surface area contributed by atoms with Gasteiger partial charge in [-0.05, 0) is 35.7 Å². The second kappa shape index (κ2) is 9.41. The maximum atomic E-state index is 7.41. The van der Waals surface area contributed by atoms with Gasteiger partial charge in [-0.3, -0.25) is 0 Å². The molecule has 2 aromatic rings. The van der Waals surface area contributed by atoms with Crippen LogP contribution in [-0.4, -0.2) is 32.4 Å². The number of hydrogen-bond acceptors (Lipinski definition) is 3. The van der Waals surface area contributed by atoms with E-state index < -0.39 is 14.1 Å². The van der Waals surface area contributed by atoms with Gasteiger partial charge < -0.3 is 13.9 Å². The summed E-state index contributed by atoms with van der Waals surface area (Å²) < 4.78 is 20.0. The maximum absolute atomic E-state index is 7.41. The molecule has 0 spiro atoms. The average Bonchev–Trinajstić information content (AvgIpc) is 3.06. The predicted molar refractivity (Wildman–Crippen MR) is 131 cm³/mol. The van der Waals surface area contributed by atoms with E-state index in [4.69, 9.17) is 13.9 Å². The van der Waals surface area contributed by atoms with E-state index in [-0.39, 0.29) is 23.4 Å². The Balaban J connectivity index is 2.16. The molecule has 0 bridgehead atoms. The molecule has 2 aromatic carbocycles. The molecule has 0 saturated carbocycles. The summed E-state index contributed by atoms with van der Waals surface area (Å²) in [6.07, 6.45) is 3.29. The third-order valence-corrected chi connectivity index (χ3v) is 11.1. The van der Waals surface area contributed by atoms with Gasteiger partial charge in [-0.15, -0.1) is 6.58 Å². The molecular weight excluding hydrogens is 400 g/mol. The van der Waals surface area contributed by atoms with Crippen molar-refractivity contribution in [3.8, 4) is 0 Å². The minimum atomic E-state index is -2.68. The molecule has 3 nitrogen and oxygen atoms in total. The smallest absolute Gasteiger partial charge is 0.261 e. The zero-order valence-electron chi connectivity index (χ0n) is 19.9. The second-order valence-electron chi connectivity index (χ2n) is 9.91. The Morgan fingerprint density at radius 1 is 1.00 bits per heavy atom. The zero-order chi connectivity index (χ0) is 22.7. The Bertz CT molecular complexity index is 802. The summed E-state index contributed by atoms with van der Waals surface area (Å²) in [5.74, 6) is -0.648. The lowest BCUT2D eigenvalue weighted by Gasteiger charge is -2.46. The zero-order valence-corrected chi connectivity index (χ0v) is 20.9. The van der Waals surface area contributed by atoms with Crippen LogP contribution in [0.15, 0.2) is 73.3 Å². The Morgan fingerprint density at radius 3 is 1.94 bits per heavy atom. The number of benzene rings is 2. The van der Waals surface area contributed by atoms with Gasteiger partial charge in [0.05, 0.1) is 6.10 Å². The minimum absolute atomic E-state index is 0.0830. The van der Waals surface area contributed by atoms with Gasteiger partial charge in [0.15, 0.2) is 5.79 Å². The highest BCUT2D eigenvalue weighted by Gasteiger charge is 2.54. The van der Waals surface area contributed by atoms with E-state index in [9.17, 15) is 0 Å². The Kier molecular flexibility index (Phi) is 7.27. The van der Waals surface area contributed by atoms with Crippen LogP contribution in [-0.2, 0) is 13.9 Å². The molecule has 0 unspecified atom stereocenters. The Hall–Kier alpha value is -1.72. The molecule has 1 saturated heterocycles. The van der Waals surface area contributed by atoms with Gasteiger partial charge in [0.25, 0.3) is 8.32 Å². The van der Waals surface area contributed by atoms with Crippen molar-refractivity contribution in [3.05, 3.63) is 73.3 Å². The topological polar surface area (TPSA) is 27.7 Å². The lowest BCUT2D eigenvalue weighted by Crippen LogP contribution is -2.68. The van der Waals surface area contributed by atoms with Crippen molar-refractivity contribution in [1.29, 1.82) is 0 Å². The van der Waals surface area contributed by atoms with E-state index >= 15 is 0 Å². The molecule has 1 fully saturated rings. The fraction of sp³-hybridized carbons (Fsp3) is 0.481. The number of ether oxygens (including phenoxy) is 2. The van der Waals surface area contributed by atoms with Gasteiger partial charge >= 0.3 is 0 Å². The quantitative estimate of drug-likeness (QED) is 0.406. The third kappa shape index (κ3) is 4.88. The molecule has 0 aromatic heterocycles. The summed E-state index contributed by atoms with van der Waals surface area (Å²) in [6.45, 7) is 17.1. The molecule has 0 N–H and O–H groups in total. The Labute approximate surface area is 189 Å². The lowest BCUT2D eigenvalue weighted by molar-refractivity contribution is -0.152. The summed E-state index contributed by atoms with van der Waals surface area (Å²) >= 11 is 0. The molecular formula is C27H38O3Si. The number of rotatable bonds is 8. The van der Waals surface area contributed by atoms with E-state index in [1.54, 1.807) is 0 Å². The van der Waals surface area contributed by atoms with E-state index in [0.29, 0.717) is 0 Å². The van der Waals surface area contributed by atoms with Crippen molar-refractivity contribution in [2.24, 2.45) is 0 Å². The standard InChI is InChI=1S/C27H38O3Si/c1-8-16-24(25-23(9-2)28-27(6,7)29-25)30-31(26(3,4)5,21-17-12-10-13-18-21)22-19-14-11-15-20-22/h9-15,17-20,23-25H,2,8,16H2,1,3-7H3/t23-,24+,25-/m0/s1. The highest BCUT2D eigenvalue weighted by molar-refractivity contribution is 6.99. The summed E-state index contributed by atoms with van der Waals surface area (Å²) in [4.78, 5) is 0. The SMILES string of the molecule is C=C[C@@H]1OC(C)(C)O[C@@H]1[C@@H](CCC)O[Si](c1ccccc1)(c1ccccc1)C(C)(C)C. The van der Waals surface area contributed by atoms with Gasteiger partial charge in [0, 0.05) is 0 Å². The van der Waals surface area contributed by atoms with Crippen LogP contribution in [0.2, 0.25) is 5.04 Å². The molecule has 31 heavy (non-hydrogen) atoms. The van der Waals surface area contributed by atoms with Crippen molar-refractivity contribution < 1.29 is 13.9 Å². The van der Waals surface area contributed by atoms with Gasteiger partial charge in [-0.2, -0.15) is 0 Å². The molecule has 0 aliphatic carbocycles. The first-order valence-corrected chi connectivity index (χ1v) is 13.3. The van der Waals surface area contributed by atoms with Crippen molar-refractivity contribution in [2.45, 2.75) is 83.5 Å². The molecule has 1 heterocycles. The average molecular weight is 439 g/mol. The van der Waals surface area contributed by atoms with Crippen LogP contribution in [0.4, 0.5) is 0 Å². The largest absolute Gasteiger partial charge is 0.402 e. The highest BCUT2D eigenvalue weighted by atomic mass is 28.4. The number of hydrogen-bond donors (Lipinski definition) is 0. The van der Waals surface area contributed by atoms with Crippen LogP contribution >= 0.6 is 0 Å². The lowest BCUT2D eigenvalue weighted by atomic mass is 10.0. The van der Waals surface area contributed by atoms with Crippen LogP contribution in [0.5, 0.6) is 0 Å². The van der Waals surface area contributed by atoms with E-state index in [0.717, 1.165) is 12.8 Å². The van der Waals surface area contributed by atoms with Gasteiger partial charge in [-0.25, -0.2) is 0 Å². The minimum Gasteiger partial charge on any atom is -0.402 e. The molecule has 3 atom stereocenters. The Morgan fingerprint density at radius 2 is 1.52 bits per heavy atom. The third-order valence-electron chi connectivity index (χ3n) is 6.08. The van der Waals surface area contributed by atoms with Crippen LogP contribution in [0, 0.1) is 0 Å². The van der Waals surface area contributed by atoms with Gasteiger partial charge in [-0.1, -0.05) is 101 Å². The van der Waals surface area contributed by atoms with E-state index in [1.807, 2.05) is 19.9 Å². The van der Waals surface area contributed by atoms with Gasteiger partial charge in [0.1, 0.15) is 12.2 Å². The van der Waals surface area contributed by atoms with Crippen molar-refractivity contribution in [2.75, 3.05) is 0 Å². The predicted octanol–water partition coefficient (Wildman–Crippen LogP) is 5.44. The first kappa shape index (κ1) is 23.9. The molecule has 4 heteroatoms. The van der Waals surface area contributed by atoms with E-state index in [1.165, 1.54) is 10.4 Å². The second-order valence-corrected chi connectivity index (χ2v) is 14.2. The van der Waals surface area contributed by atoms with Crippen molar-refractivity contribution >= 4 is 18.7 Å². The molecule has 3 rings (SSSR count). The van der Waals surface area contributed by atoms with Crippen LogP contribution in [0.1, 0.15) is 54.4 Å². The summed E-state index contributed by atoms with van der Waals surface area (Å²) in [7, 11) is -2.68. The molecule has 0 amide bonds. The monoisotopic (exact) mass is 438 g/mol. The molecule has 1 aliphatic heterocycles. The fourth-order valence-corrected chi connectivity index (χ4v) is 9.50. The fourth-order valence-electron chi connectivity index (χ4n) is 4.78. The molecule has 168 valence electrons. The van der Waals surface area contributed by atoms with Crippen LogP contribution in [0.25, 0.3) is 0 Å². The van der Waals surface area contributed by atoms with Gasteiger partial charge in [0.2, 0.25) is 0 Å². The van der Waals surface area contributed by atoms with Crippen molar-refractivity contribution in [3.63, 3.8) is 0 Å². The van der Waals surface area contributed by atoms with Crippen molar-refractivity contribution in [1.82, 2.24) is 0 Å². The van der Waals surface area contributed by atoms with Crippen LogP contribution < -0.4 is 10.4 Å². The molecule has 1 aliphatic rings. The summed E-state index contributed by atoms with van der Waals surface area (Å²) in [5, 5.41) is 2.48. The van der Waals surface area contributed by atoms with E-state index in [2.05, 4.69) is 94.9 Å².